The van der Waals surface area contributed by atoms with Crippen LogP contribution in [0.4, 0.5) is 13.2 Å². The van der Waals surface area contributed by atoms with Gasteiger partial charge in [0, 0.05) is 17.7 Å². The molecule has 0 saturated heterocycles. The summed E-state index contributed by atoms with van der Waals surface area (Å²) in [4.78, 5) is 30.3. The number of aliphatic imine (C=N–C) groups is 1. The third-order valence-electron chi connectivity index (χ3n) is 4.55. The summed E-state index contributed by atoms with van der Waals surface area (Å²) in [5.41, 5.74) is -2.27. The zero-order valence-electron chi connectivity index (χ0n) is 16.0. The lowest BCUT2D eigenvalue weighted by atomic mass is 10.1. The lowest BCUT2D eigenvalue weighted by molar-refractivity contribution is -0.196. The minimum absolute atomic E-state index is 0.0202. The van der Waals surface area contributed by atoms with E-state index in [-0.39, 0.29) is 17.9 Å². The van der Waals surface area contributed by atoms with E-state index in [0.29, 0.717) is 17.5 Å². The van der Waals surface area contributed by atoms with E-state index in [9.17, 15) is 22.8 Å². The van der Waals surface area contributed by atoms with E-state index < -0.39 is 23.7 Å². The van der Waals surface area contributed by atoms with Gasteiger partial charge in [0.1, 0.15) is 5.84 Å². The fourth-order valence-electron chi connectivity index (χ4n) is 3.16. The second-order valence-corrected chi connectivity index (χ2v) is 6.79. The molecule has 1 N–H and O–H groups in total. The molecule has 2 amide bonds. The van der Waals surface area contributed by atoms with Gasteiger partial charge in [-0.15, -0.1) is 0 Å². The lowest BCUT2D eigenvalue weighted by Crippen LogP contribution is -2.63. The Balaban J connectivity index is 2.10. The maximum absolute atomic E-state index is 14.2. The van der Waals surface area contributed by atoms with Crippen LogP contribution in [0.15, 0.2) is 59.6 Å². The molecule has 0 saturated carbocycles. The summed E-state index contributed by atoms with van der Waals surface area (Å²) in [6.07, 6.45) is -4.69. The molecule has 1 heterocycles. The number of alkyl halides is 3. The summed E-state index contributed by atoms with van der Waals surface area (Å²) < 4.78 is 42.5. The van der Waals surface area contributed by atoms with Crippen molar-refractivity contribution in [2.75, 3.05) is 6.54 Å². The number of halogens is 3. The van der Waals surface area contributed by atoms with Crippen LogP contribution < -0.4 is 5.32 Å². The predicted molar refractivity (Wildman–Crippen MR) is 102 cm³/mol. The minimum Gasteiger partial charge on any atom is -0.312 e. The molecule has 0 fully saturated rings. The number of carbonyl (C=O) groups is 2. The van der Waals surface area contributed by atoms with Crippen LogP contribution in [0, 0.1) is 6.92 Å². The maximum Gasteiger partial charge on any atom is 0.442 e. The first-order valence-corrected chi connectivity index (χ1v) is 9.13. The first-order valence-electron chi connectivity index (χ1n) is 9.13. The molecule has 0 aliphatic carbocycles. The number of aryl methyl sites for hydroxylation is 1. The molecule has 0 spiro atoms. The van der Waals surface area contributed by atoms with Crippen molar-refractivity contribution in [3.8, 4) is 0 Å². The average molecular weight is 403 g/mol. The van der Waals surface area contributed by atoms with Gasteiger partial charge in [0.2, 0.25) is 0 Å². The van der Waals surface area contributed by atoms with E-state index in [1.54, 1.807) is 56.3 Å². The van der Waals surface area contributed by atoms with E-state index in [0.717, 1.165) is 4.90 Å². The summed E-state index contributed by atoms with van der Waals surface area (Å²) >= 11 is 0. The van der Waals surface area contributed by atoms with Crippen LogP contribution in [0.5, 0.6) is 0 Å². The highest BCUT2D eigenvalue weighted by atomic mass is 19.4. The summed E-state index contributed by atoms with van der Waals surface area (Å²) in [6, 6.07) is 14.3. The molecule has 1 atom stereocenters. The first-order chi connectivity index (χ1) is 13.7. The van der Waals surface area contributed by atoms with Gasteiger partial charge in [-0.2, -0.15) is 13.2 Å². The van der Waals surface area contributed by atoms with E-state index in [1.165, 1.54) is 12.1 Å². The number of amidine groups is 1. The normalized spacial score (nSPS) is 19.3. The molecule has 1 aliphatic heterocycles. The monoisotopic (exact) mass is 403 g/mol. The fraction of sp³-hybridized carbons (Fsp3) is 0.286. The molecule has 0 bridgehead atoms. The second kappa shape index (κ2) is 7.69. The standard InChI is InChI=1S/C21H20F3N3O2/c1-3-12-27-17(15-9-5-4-6-10-15)25-20(19(27)29,21(22,23)24)26-18(28)16-11-7-8-14(2)13-16/h4-11,13H,3,12H2,1-2H3,(H,26,28)/t20-/m1/s1. The number of nitrogens with zero attached hydrogens (tertiary/aromatic N) is 2. The fourth-order valence-corrected chi connectivity index (χ4v) is 3.16. The SMILES string of the molecule is CCCN1C(=O)[C@@](NC(=O)c2cccc(C)c2)(C(F)(F)F)N=C1c1ccccc1. The Hall–Kier alpha value is -3.16. The van der Waals surface area contributed by atoms with Gasteiger partial charge in [-0.1, -0.05) is 55.0 Å². The van der Waals surface area contributed by atoms with Crippen molar-refractivity contribution in [1.82, 2.24) is 10.2 Å². The van der Waals surface area contributed by atoms with Crippen LogP contribution in [-0.2, 0) is 4.79 Å². The van der Waals surface area contributed by atoms with Gasteiger partial charge < -0.3 is 5.32 Å². The van der Waals surface area contributed by atoms with Crippen molar-refractivity contribution in [2.24, 2.45) is 4.99 Å². The number of amides is 2. The molecule has 1 aliphatic rings. The quantitative estimate of drug-likeness (QED) is 0.828. The molecule has 29 heavy (non-hydrogen) atoms. The summed E-state index contributed by atoms with van der Waals surface area (Å²) in [6.45, 7) is 3.51. The van der Waals surface area contributed by atoms with Gasteiger partial charge in [-0.3, -0.25) is 14.5 Å². The maximum atomic E-state index is 14.2. The van der Waals surface area contributed by atoms with Crippen molar-refractivity contribution < 1.29 is 22.8 Å². The van der Waals surface area contributed by atoms with E-state index in [1.807, 2.05) is 5.32 Å². The number of rotatable bonds is 5. The highest BCUT2D eigenvalue weighted by Gasteiger charge is 2.67. The van der Waals surface area contributed by atoms with Gasteiger partial charge in [-0.25, -0.2) is 4.99 Å². The zero-order chi connectivity index (χ0) is 21.2. The molecular formula is C21H20F3N3O2. The van der Waals surface area contributed by atoms with Crippen LogP contribution in [0.2, 0.25) is 0 Å². The smallest absolute Gasteiger partial charge is 0.312 e. The van der Waals surface area contributed by atoms with Gasteiger partial charge in [-0.05, 0) is 25.5 Å². The Morgan fingerprint density at radius 1 is 1.14 bits per heavy atom. The number of benzene rings is 2. The molecule has 152 valence electrons. The highest BCUT2D eigenvalue weighted by Crippen LogP contribution is 2.38. The molecule has 0 unspecified atom stereocenters. The molecule has 2 aromatic carbocycles. The Bertz CT molecular complexity index is 957. The zero-order valence-corrected chi connectivity index (χ0v) is 16.0. The Morgan fingerprint density at radius 2 is 1.83 bits per heavy atom. The van der Waals surface area contributed by atoms with Gasteiger partial charge in [0.15, 0.2) is 0 Å². The molecule has 8 heteroatoms. The van der Waals surface area contributed by atoms with Crippen LogP contribution in [0.25, 0.3) is 0 Å². The Kier molecular flexibility index (Phi) is 5.46. The van der Waals surface area contributed by atoms with Crippen LogP contribution in [-0.4, -0.2) is 40.9 Å². The van der Waals surface area contributed by atoms with Crippen molar-refractivity contribution in [1.29, 1.82) is 0 Å². The van der Waals surface area contributed by atoms with Gasteiger partial charge in [0.25, 0.3) is 11.8 Å². The number of nitrogens with one attached hydrogen (secondary N) is 1. The van der Waals surface area contributed by atoms with E-state index in [2.05, 4.69) is 4.99 Å². The molecule has 2 aromatic rings. The van der Waals surface area contributed by atoms with Crippen LogP contribution >= 0.6 is 0 Å². The summed E-state index contributed by atoms with van der Waals surface area (Å²) in [7, 11) is 0. The highest BCUT2D eigenvalue weighted by molar-refractivity contribution is 6.16. The molecule has 0 radical (unpaired) electrons. The third-order valence-corrected chi connectivity index (χ3v) is 4.55. The van der Waals surface area contributed by atoms with Crippen molar-refractivity contribution in [3.05, 3.63) is 71.3 Å². The predicted octanol–water partition coefficient (Wildman–Crippen LogP) is 3.68. The molecular weight excluding hydrogens is 383 g/mol. The molecule has 0 aromatic heterocycles. The number of hydrogen-bond donors (Lipinski definition) is 1. The first kappa shape index (κ1) is 20.6. The topological polar surface area (TPSA) is 61.8 Å². The summed E-state index contributed by atoms with van der Waals surface area (Å²) in [5, 5.41) is 1.87. The van der Waals surface area contributed by atoms with Gasteiger partial charge >= 0.3 is 11.8 Å². The van der Waals surface area contributed by atoms with Crippen molar-refractivity contribution in [2.45, 2.75) is 32.1 Å². The number of hydrogen-bond acceptors (Lipinski definition) is 3. The Morgan fingerprint density at radius 3 is 2.41 bits per heavy atom. The average Bonchev–Trinajstić information content (AvgIpc) is 2.96. The summed E-state index contributed by atoms with van der Waals surface area (Å²) in [5.74, 6) is -2.44. The van der Waals surface area contributed by atoms with Gasteiger partial charge in [0.05, 0.1) is 0 Å². The molecule has 3 rings (SSSR count). The van der Waals surface area contributed by atoms with E-state index >= 15 is 0 Å². The van der Waals surface area contributed by atoms with Crippen molar-refractivity contribution >= 4 is 17.6 Å². The Labute approximate surface area is 166 Å². The third kappa shape index (κ3) is 3.74. The van der Waals surface area contributed by atoms with Crippen LogP contribution in [0.3, 0.4) is 0 Å². The minimum atomic E-state index is -5.12. The van der Waals surface area contributed by atoms with Crippen LogP contribution in [0.1, 0.15) is 34.8 Å². The number of carbonyl (C=O) groups excluding carboxylic acids is 2. The van der Waals surface area contributed by atoms with Crippen molar-refractivity contribution in [3.63, 3.8) is 0 Å². The largest absolute Gasteiger partial charge is 0.442 e. The lowest BCUT2D eigenvalue weighted by Gasteiger charge is -2.29. The van der Waals surface area contributed by atoms with E-state index in [4.69, 9.17) is 0 Å². The molecule has 5 nitrogen and oxygen atoms in total. The second-order valence-electron chi connectivity index (χ2n) is 6.79.